The Kier molecular flexibility index (Phi) is 15.6. The summed E-state index contributed by atoms with van der Waals surface area (Å²) in [6.45, 7) is 17.8. The van der Waals surface area contributed by atoms with Crippen LogP contribution >= 0.6 is 11.3 Å². The zero-order valence-electron chi connectivity index (χ0n) is 49.1. The molecule has 3 unspecified atom stereocenters. The number of aliphatic hydroxyl groups is 1. The molecule has 2 bridgehead atoms. The molecule has 7 aromatic rings. The van der Waals surface area contributed by atoms with Crippen molar-refractivity contribution in [2.75, 3.05) is 44.3 Å². The maximum Gasteiger partial charge on any atom is 0.410 e. The van der Waals surface area contributed by atoms with E-state index in [4.69, 9.17) is 33.7 Å². The summed E-state index contributed by atoms with van der Waals surface area (Å²) in [5.74, 6) is -1.16. The summed E-state index contributed by atoms with van der Waals surface area (Å²) < 4.78 is 42.4. The average Bonchev–Trinajstić information content (AvgIpc) is 3.52. The first-order valence-electron chi connectivity index (χ1n) is 29.8. The van der Waals surface area contributed by atoms with Crippen LogP contribution in [-0.2, 0) is 20.7 Å². The molecule has 0 saturated carbocycles. The molecule has 5 fully saturated rings. The van der Waals surface area contributed by atoms with Gasteiger partial charge in [0.1, 0.15) is 47.8 Å². The fourth-order valence-corrected chi connectivity index (χ4v) is 14.7. The average molecular weight is 1160 g/mol. The molecule has 20 heteroatoms. The summed E-state index contributed by atoms with van der Waals surface area (Å²) in [5, 5.41) is 20.7. The van der Waals surface area contributed by atoms with Crippen LogP contribution in [0.2, 0.25) is 0 Å². The van der Waals surface area contributed by atoms with E-state index in [1.807, 2.05) is 113 Å². The van der Waals surface area contributed by atoms with E-state index in [2.05, 4.69) is 38.2 Å². The van der Waals surface area contributed by atoms with Crippen molar-refractivity contribution in [2.45, 2.75) is 160 Å². The molecule has 5 saturated heterocycles. The van der Waals surface area contributed by atoms with Gasteiger partial charge < -0.3 is 39.0 Å². The Morgan fingerprint density at radius 2 is 1.71 bits per heavy atom. The number of nitrogens with one attached hydrogen (secondary N) is 1. The minimum absolute atomic E-state index is 0.0107. The number of anilines is 1. The Hall–Kier alpha value is -7.29. The fourth-order valence-electron chi connectivity index (χ4n) is 13.9. The number of aromatic nitrogens is 5. The van der Waals surface area contributed by atoms with E-state index >= 15 is 4.39 Å². The van der Waals surface area contributed by atoms with Crippen LogP contribution in [-0.4, -0.2) is 144 Å². The minimum Gasteiger partial charge on any atom is -0.474 e. The molecule has 2 N–H and O–H groups in total. The van der Waals surface area contributed by atoms with Gasteiger partial charge in [-0.3, -0.25) is 24.4 Å². The smallest absolute Gasteiger partial charge is 0.410 e. The van der Waals surface area contributed by atoms with Crippen LogP contribution in [0.1, 0.15) is 128 Å². The third-order valence-corrected chi connectivity index (χ3v) is 18.9. The van der Waals surface area contributed by atoms with Gasteiger partial charge in [-0.1, -0.05) is 81.4 Å². The van der Waals surface area contributed by atoms with Gasteiger partial charge >= 0.3 is 12.1 Å². The normalized spacial score (nSPS) is 23.2. The Bertz CT molecular complexity index is 3590. The van der Waals surface area contributed by atoms with Crippen LogP contribution in [0.25, 0.3) is 43.4 Å². The van der Waals surface area contributed by atoms with E-state index < -0.39 is 29.5 Å². The molecule has 3 aromatic carbocycles. The van der Waals surface area contributed by atoms with E-state index in [-0.39, 0.29) is 96.2 Å². The highest BCUT2D eigenvalue weighted by molar-refractivity contribution is 7.13. The van der Waals surface area contributed by atoms with Crippen molar-refractivity contribution >= 4 is 56.7 Å². The lowest BCUT2D eigenvalue weighted by Gasteiger charge is -2.42. The van der Waals surface area contributed by atoms with Crippen LogP contribution in [0.5, 0.6) is 11.9 Å². The van der Waals surface area contributed by atoms with Gasteiger partial charge in [-0.15, -0.1) is 11.3 Å². The summed E-state index contributed by atoms with van der Waals surface area (Å²) in [6.07, 6.45) is 6.45. The minimum atomic E-state index is -0.874. The number of hydrogen-bond acceptors (Lipinski definition) is 16. The fraction of sp³-hybridized carbons (Fsp3) is 0.500. The standard InChI is InChI=1S/C64H75FN10O8S/c1-9-39-13-10-14-41-15-11-16-47(53(39)41)55-54(65)56-48(29-66-55)58(72-30-43-21-22-44(31-72)75(43)62(79)82-63(6,7)8)70-61(69-56)81-34-64-24-12-26-74(64)45(23-25-64)33-80-51-28-50(83-71-51)52(36(2)3)60(78)73-32-46(76)27-49(73)59(77)68-37(4)40-17-19-42(20-18-40)57-38(5)67-35-84-57/h10-11,13-20,28-29,35-37,43-46,49,52,76H,9,12,21-27,30-34H2,1-8H3,(H,68,77)/t37-,43?,44?,45-,46+,49-,52?,64-/m0/s1. The van der Waals surface area contributed by atoms with E-state index in [1.165, 1.54) is 4.90 Å². The molecular formula is C64H75FN10O8S. The summed E-state index contributed by atoms with van der Waals surface area (Å²) in [5.41, 5.74) is 5.87. The second-order valence-electron chi connectivity index (χ2n) is 25.0. The number of aliphatic hydroxyl groups excluding tert-OH is 1. The molecule has 3 amide bonds. The summed E-state index contributed by atoms with van der Waals surface area (Å²) in [7, 11) is 0. The van der Waals surface area contributed by atoms with Gasteiger partial charge in [0, 0.05) is 49.9 Å². The van der Waals surface area contributed by atoms with Gasteiger partial charge in [0.15, 0.2) is 11.6 Å². The van der Waals surface area contributed by atoms with Crippen molar-refractivity contribution in [2.24, 2.45) is 5.92 Å². The topological polar surface area (TPSA) is 202 Å². The van der Waals surface area contributed by atoms with Crippen LogP contribution in [0.3, 0.4) is 0 Å². The highest BCUT2D eigenvalue weighted by Gasteiger charge is 2.51. The van der Waals surface area contributed by atoms with Gasteiger partial charge in [-0.2, -0.15) is 9.97 Å². The molecule has 9 heterocycles. The molecule has 0 aliphatic carbocycles. The van der Waals surface area contributed by atoms with Crippen molar-refractivity contribution in [3.8, 4) is 33.6 Å². The maximum absolute atomic E-state index is 17.6. The first kappa shape index (κ1) is 57.2. The Labute approximate surface area is 493 Å². The van der Waals surface area contributed by atoms with Crippen LogP contribution in [0.15, 0.2) is 83.0 Å². The first-order valence-corrected chi connectivity index (χ1v) is 30.7. The number of carbonyl (C=O) groups is 3. The van der Waals surface area contributed by atoms with E-state index in [0.29, 0.717) is 42.2 Å². The van der Waals surface area contributed by atoms with Gasteiger partial charge in [0.05, 0.1) is 51.2 Å². The number of ether oxygens (including phenoxy) is 3. The lowest BCUT2D eigenvalue weighted by Crippen LogP contribution is -2.57. The lowest BCUT2D eigenvalue weighted by atomic mass is 9.91. The monoisotopic (exact) mass is 1160 g/mol. The number of hydrogen-bond donors (Lipinski definition) is 2. The van der Waals surface area contributed by atoms with Crippen molar-refractivity contribution in [1.82, 2.24) is 45.1 Å². The molecule has 5 aliphatic heterocycles. The summed E-state index contributed by atoms with van der Waals surface area (Å²) in [4.78, 5) is 70.2. The van der Waals surface area contributed by atoms with Gasteiger partial charge in [0.2, 0.25) is 11.8 Å². The predicted octanol–water partition coefficient (Wildman–Crippen LogP) is 10.6. The molecule has 0 spiro atoms. The Morgan fingerprint density at radius 3 is 2.43 bits per heavy atom. The highest BCUT2D eigenvalue weighted by atomic mass is 32.1. The molecule has 0 radical (unpaired) electrons. The molecule has 18 nitrogen and oxygen atoms in total. The van der Waals surface area contributed by atoms with Crippen LogP contribution in [0.4, 0.5) is 15.0 Å². The van der Waals surface area contributed by atoms with Crippen LogP contribution < -0.4 is 19.7 Å². The van der Waals surface area contributed by atoms with Crippen molar-refractivity contribution < 1.29 is 42.6 Å². The molecule has 442 valence electrons. The number of rotatable bonds is 16. The number of pyridine rings is 1. The SMILES string of the molecule is CCc1cccc2cccc(-c3ncc4c(N5CC6CCC(C5)N6C(=O)OC(C)(C)C)nc(OC[C@@]56CCCN5[C@H](COc5cc(C(C(=O)N7C[C@H](O)C[C@H]7C(=O)N[C@@H](C)c7ccc(-c8scnc8C)cc7)C(C)C)on5)CC6)nc4c3F)c12. The van der Waals surface area contributed by atoms with E-state index in [0.717, 1.165) is 89.5 Å². The van der Waals surface area contributed by atoms with E-state index in [1.54, 1.807) is 23.6 Å². The van der Waals surface area contributed by atoms with Gasteiger partial charge in [-0.05, 0) is 125 Å². The number of aryl methyl sites for hydroxylation is 2. The van der Waals surface area contributed by atoms with Crippen molar-refractivity contribution in [3.05, 3.63) is 107 Å². The van der Waals surface area contributed by atoms with Gasteiger partial charge in [0.25, 0.3) is 5.88 Å². The zero-order valence-corrected chi connectivity index (χ0v) is 50.0. The highest BCUT2D eigenvalue weighted by Crippen LogP contribution is 2.45. The number of halogens is 1. The number of thiazole rings is 1. The van der Waals surface area contributed by atoms with Crippen molar-refractivity contribution in [3.63, 3.8) is 0 Å². The molecular weight excluding hydrogens is 1090 g/mol. The molecule has 5 aliphatic rings. The molecule has 84 heavy (non-hydrogen) atoms. The molecule has 8 atom stereocenters. The second-order valence-corrected chi connectivity index (χ2v) is 25.8. The number of carbonyl (C=O) groups excluding carboxylic acids is 3. The number of amides is 3. The second kappa shape index (κ2) is 22.9. The Morgan fingerprint density at radius 1 is 0.952 bits per heavy atom. The molecule has 4 aromatic heterocycles. The number of fused-ring (bicyclic) bond motifs is 5. The third kappa shape index (κ3) is 10.9. The quantitative estimate of drug-likeness (QED) is 0.0925. The Balaban J connectivity index is 0.741. The van der Waals surface area contributed by atoms with Crippen molar-refractivity contribution in [1.29, 1.82) is 0 Å². The number of benzene rings is 3. The summed E-state index contributed by atoms with van der Waals surface area (Å²) >= 11 is 1.58. The predicted molar refractivity (Wildman–Crippen MR) is 318 cm³/mol. The summed E-state index contributed by atoms with van der Waals surface area (Å²) in [6, 6.07) is 20.3. The zero-order chi connectivity index (χ0) is 58.8. The third-order valence-electron chi connectivity index (χ3n) is 18.0. The number of β-amino-alcohol motifs (C(OH)–C–C–N with tert-alkyl or cyclic N) is 1. The number of nitrogens with zero attached hydrogens (tertiary/aromatic N) is 9. The lowest BCUT2D eigenvalue weighted by molar-refractivity contribution is -0.141. The van der Waals surface area contributed by atoms with Crippen LogP contribution in [0, 0.1) is 18.7 Å². The maximum atomic E-state index is 17.6. The number of likely N-dealkylation sites (tertiary alicyclic amines) is 1. The van der Waals surface area contributed by atoms with E-state index in [9.17, 15) is 19.5 Å². The first-order chi connectivity index (χ1) is 40.4. The largest absolute Gasteiger partial charge is 0.474 e. The molecule has 12 rings (SSSR count). The van der Waals surface area contributed by atoms with Gasteiger partial charge in [-0.25, -0.2) is 14.2 Å². The number of piperazine rings is 1.